The summed E-state index contributed by atoms with van der Waals surface area (Å²) in [5.41, 5.74) is 1.22. The molecular weight excluding hydrogens is 493 g/mol. The molecule has 0 saturated carbocycles. The van der Waals surface area contributed by atoms with Crippen LogP contribution in [0.25, 0.3) is 10.8 Å². The summed E-state index contributed by atoms with van der Waals surface area (Å²) < 4.78 is 99.5. The Hall–Kier alpha value is -0.900. The van der Waals surface area contributed by atoms with E-state index in [0.29, 0.717) is 17.3 Å². The third-order valence-electron chi connectivity index (χ3n) is 5.63. The van der Waals surface area contributed by atoms with Crippen LogP contribution in [0.5, 0.6) is 0 Å². The zero-order valence-electron chi connectivity index (χ0n) is 16.9. The molecule has 2 aromatic rings. The molecule has 14 heteroatoms. The number of hydrogen-bond acceptors (Lipinski definition) is 6. The van der Waals surface area contributed by atoms with Gasteiger partial charge in [-0.05, 0) is 37.4 Å². The standard InChI is InChI=1S/C18H21NO9S3.Na.H/c1-11-18(2,3)17-14-9-12(30(23,24)25)10-16(31(26,27)28)13(14)5-6-15(17)19(11)7-4-8-29(20,21)22;;/h5-6,9-10H,4,7-8H2,1-3H3,(H2-,20,21,22,23,24,25,26,27,28);;/p+1. The molecule has 1 aliphatic rings. The van der Waals surface area contributed by atoms with Crippen LogP contribution < -0.4 is 0 Å². The van der Waals surface area contributed by atoms with Gasteiger partial charge in [0.2, 0.25) is 5.69 Å². The van der Waals surface area contributed by atoms with Gasteiger partial charge in [-0.2, -0.15) is 29.8 Å². The van der Waals surface area contributed by atoms with Gasteiger partial charge < -0.3 is 0 Å². The van der Waals surface area contributed by atoms with E-state index in [2.05, 4.69) is 0 Å². The van der Waals surface area contributed by atoms with Crippen LogP contribution in [0, 0.1) is 0 Å². The summed E-state index contributed by atoms with van der Waals surface area (Å²) in [6.07, 6.45) is 0.116. The second-order valence-corrected chi connectivity index (χ2v) is 12.3. The van der Waals surface area contributed by atoms with Crippen molar-refractivity contribution in [1.82, 2.24) is 0 Å². The van der Waals surface area contributed by atoms with Crippen LogP contribution in [0.1, 0.15) is 32.8 Å². The molecule has 0 saturated heterocycles. The predicted molar refractivity (Wildman–Crippen MR) is 120 cm³/mol. The van der Waals surface area contributed by atoms with Crippen molar-refractivity contribution in [3.8, 4) is 0 Å². The third-order valence-corrected chi connectivity index (χ3v) is 8.16. The fourth-order valence-corrected chi connectivity index (χ4v) is 5.83. The minimum atomic E-state index is -4.81. The van der Waals surface area contributed by atoms with Crippen LogP contribution in [0.2, 0.25) is 0 Å². The van der Waals surface area contributed by atoms with Gasteiger partial charge in [0.1, 0.15) is 11.4 Å². The van der Waals surface area contributed by atoms with E-state index >= 15 is 0 Å². The molecule has 0 amide bonds. The molecule has 3 N–H and O–H groups in total. The van der Waals surface area contributed by atoms with Crippen LogP contribution >= 0.6 is 0 Å². The molecule has 0 radical (unpaired) electrons. The Morgan fingerprint density at radius 3 is 2.00 bits per heavy atom. The van der Waals surface area contributed by atoms with E-state index in [4.69, 9.17) is 4.55 Å². The van der Waals surface area contributed by atoms with Crippen molar-refractivity contribution in [3.63, 3.8) is 0 Å². The van der Waals surface area contributed by atoms with Crippen LogP contribution in [-0.4, -0.2) is 91.1 Å². The van der Waals surface area contributed by atoms with E-state index in [1.54, 1.807) is 13.0 Å². The van der Waals surface area contributed by atoms with E-state index in [-0.39, 0.29) is 53.3 Å². The molecule has 1 heterocycles. The summed E-state index contributed by atoms with van der Waals surface area (Å²) in [4.78, 5) is -1.34. The maximum atomic E-state index is 11.9. The number of hydrogen-bond donors (Lipinski definition) is 3. The Bertz CT molecular complexity index is 1460. The van der Waals surface area contributed by atoms with E-state index < -0.39 is 51.3 Å². The molecule has 0 aromatic heterocycles. The fourth-order valence-electron chi connectivity index (χ4n) is 4.00. The molecule has 0 bridgehead atoms. The molecule has 32 heavy (non-hydrogen) atoms. The van der Waals surface area contributed by atoms with Crippen LogP contribution in [0.15, 0.2) is 34.1 Å². The van der Waals surface area contributed by atoms with Gasteiger partial charge >= 0.3 is 29.6 Å². The van der Waals surface area contributed by atoms with Gasteiger partial charge in [0.05, 0.1) is 16.1 Å². The summed E-state index contributed by atoms with van der Waals surface area (Å²) in [6, 6.07) is 4.86. The van der Waals surface area contributed by atoms with Gasteiger partial charge in [-0.1, -0.05) is 0 Å². The first-order valence-electron chi connectivity index (χ1n) is 9.07. The van der Waals surface area contributed by atoms with Gasteiger partial charge in [0, 0.05) is 30.4 Å². The summed E-state index contributed by atoms with van der Waals surface area (Å²) in [5.74, 6) is -0.445. The van der Waals surface area contributed by atoms with Gasteiger partial charge in [-0.3, -0.25) is 13.7 Å². The molecule has 172 valence electrons. The Balaban J connectivity index is 0.00000363. The Labute approximate surface area is 208 Å². The van der Waals surface area contributed by atoms with E-state index in [0.717, 1.165) is 11.8 Å². The second kappa shape index (κ2) is 8.71. The van der Waals surface area contributed by atoms with Crippen molar-refractivity contribution in [2.45, 2.75) is 42.4 Å². The minimum absolute atomic E-state index is 0. The number of benzene rings is 2. The molecule has 0 spiro atoms. The van der Waals surface area contributed by atoms with Gasteiger partial charge in [-0.25, -0.2) is 0 Å². The topological polar surface area (TPSA) is 166 Å². The number of rotatable bonds is 6. The van der Waals surface area contributed by atoms with Crippen molar-refractivity contribution in [1.29, 1.82) is 0 Å². The summed E-state index contributed by atoms with van der Waals surface area (Å²) in [5, 5.41) is 0.288. The van der Waals surface area contributed by atoms with E-state index in [1.165, 1.54) is 6.07 Å². The quantitative estimate of drug-likeness (QED) is 0.292. The van der Waals surface area contributed by atoms with E-state index in [9.17, 15) is 34.4 Å². The molecule has 0 fully saturated rings. The predicted octanol–water partition coefficient (Wildman–Crippen LogP) is 1.36. The Kier molecular flexibility index (Phi) is 7.44. The van der Waals surface area contributed by atoms with Crippen molar-refractivity contribution in [3.05, 3.63) is 29.8 Å². The summed E-state index contributed by atoms with van der Waals surface area (Å²) >= 11 is 0. The molecule has 0 aliphatic carbocycles. The molecule has 10 nitrogen and oxygen atoms in total. The second-order valence-electron chi connectivity index (χ2n) is 7.93. The number of nitrogens with zero attached hydrogens (tertiary/aromatic N) is 1. The van der Waals surface area contributed by atoms with Crippen molar-refractivity contribution < 1.29 is 43.5 Å². The average Bonchev–Trinajstić information content (AvgIpc) is 2.78. The van der Waals surface area contributed by atoms with Crippen LogP contribution in [0.4, 0.5) is 5.69 Å². The Morgan fingerprint density at radius 2 is 1.50 bits per heavy atom. The zero-order valence-corrected chi connectivity index (χ0v) is 19.3. The maximum absolute atomic E-state index is 11.9. The zero-order chi connectivity index (χ0) is 23.6. The van der Waals surface area contributed by atoms with Crippen molar-refractivity contribution in [2.75, 3.05) is 12.3 Å². The van der Waals surface area contributed by atoms with Gasteiger partial charge in [0.15, 0.2) is 5.71 Å². The molecule has 0 unspecified atom stereocenters. The molecule has 0 atom stereocenters. The SMILES string of the molecule is CC1=[N+](CCCS(=O)(=O)O)c2ccc3c(S(=O)(=O)O)cc(S(=O)(=O)O)cc3c2C1(C)C.[NaH]. The molecule has 3 rings (SSSR count). The van der Waals surface area contributed by atoms with Crippen molar-refractivity contribution >= 4 is 82.1 Å². The first-order valence-corrected chi connectivity index (χ1v) is 13.6. The molecule has 2 aromatic carbocycles. The average molecular weight is 517 g/mol. The monoisotopic (exact) mass is 516 g/mol. The summed E-state index contributed by atoms with van der Waals surface area (Å²) in [7, 11) is -13.7. The van der Waals surface area contributed by atoms with Crippen LogP contribution in [-0.2, 0) is 35.8 Å². The first-order chi connectivity index (χ1) is 13.9. The molecule has 1 aliphatic heterocycles. The Morgan fingerprint density at radius 1 is 0.906 bits per heavy atom. The normalized spacial score (nSPS) is 16.2. The van der Waals surface area contributed by atoms with Gasteiger partial charge in [-0.15, -0.1) is 0 Å². The number of fused-ring (bicyclic) bond motifs is 3. The fraction of sp³-hybridized carbons (Fsp3) is 0.389. The molecular formula is C18H23NNaO9S3+. The first kappa shape index (κ1) is 27.3. The van der Waals surface area contributed by atoms with E-state index in [1.807, 2.05) is 18.4 Å². The third kappa shape index (κ3) is 5.10. The van der Waals surface area contributed by atoms with Gasteiger partial charge in [0.25, 0.3) is 30.4 Å². The van der Waals surface area contributed by atoms with Crippen LogP contribution in [0.3, 0.4) is 0 Å². The van der Waals surface area contributed by atoms with Crippen molar-refractivity contribution in [2.24, 2.45) is 0 Å². The summed E-state index contributed by atoms with van der Waals surface area (Å²) in [6.45, 7) is 5.69.